The average molecular weight is 430 g/mol. The zero-order valence-corrected chi connectivity index (χ0v) is 18.5. The summed E-state index contributed by atoms with van der Waals surface area (Å²) < 4.78 is 0. The van der Waals surface area contributed by atoms with Crippen LogP contribution in [-0.4, -0.2) is 68.9 Å². The van der Waals surface area contributed by atoms with Gasteiger partial charge in [-0.15, -0.1) is 0 Å². The van der Waals surface area contributed by atoms with E-state index in [9.17, 15) is 14.4 Å². The molecule has 6 N–H and O–H groups in total. The number of aliphatic hydroxyl groups excluding tert-OH is 3. The van der Waals surface area contributed by atoms with Crippen LogP contribution >= 0.6 is 0 Å². The fourth-order valence-corrected chi connectivity index (χ4v) is 0. The zero-order valence-electron chi connectivity index (χ0n) is 16.9. The van der Waals surface area contributed by atoms with E-state index >= 15 is 0 Å². The fraction of sp³-hybridized carbons (Fsp3) is 0.471. The van der Waals surface area contributed by atoms with E-state index < -0.39 is 17.9 Å². The minimum Gasteiger partial charge on any atom is -0.478 e. The second-order valence-corrected chi connectivity index (χ2v) is 3.89. The van der Waals surface area contributed by atoms with Crippen molar-refractivity contribution in [2.45, 2.75) is 34.6 Å². The first-order valence-corrected chi connectivity index (χ1v) is 7.09. The summed E-state index contributed by atoms with van der Waals surface area (Å²) in [7, 11) is 1.00. The molecule has 0 atom stereocenters. The van der Waals surface area contributed by atoms with Gasteiger partial charge in [0.2, 0.25) is 0 Å². The third kappa shape index (κ3) is 114. The van der Waals surface area contributed by atoms with Crippen LogP contribution in [0.5, 0.6) is 0 Å². The third-order valence-corrected chi connectivity index (χ3v) is 1.10. The molecule has 0 saturated heterocycles. The average Bonchev–Trinajstić information content (AvgIpc) is 2.51. The Morgan fingerprint density at radius 2 is 0.667 bits per heavy atom. The van der Waals surface area contributed by atoms with Crippen LogP contribution in [0.4, 0.5) is 0 Å². The van der Waals surface area contributed by atoms with Gasteiger partial charge in [0.05, 0.1) is 0 Å². The molecule has 0 heterocycles. The SMILES string of the molecule is C=C(C)C(=O)O.C=C(C)C(=O)O.C=C(C)C(=O)O.CCO.CCO.CO.[Ti]. The Hall–Kier alpha value is -1.78. The van der Waals surface area contributed by atoms with Crippen molar-refractivity contribution < 1.29 is 66.7 Å². The maximum absolute atomic E-state index is 9.60. The molecular formula is C17H34O9Ti. The van der Waals surface area contributed by atoms with Gasteiger partial charge in [0.15, 0.2) is 0 Å². The first-order chi connectivity index (χ1) is 11.8. The summed E-state index contributed by atoms with van der Waals surface area (Å²) in [5, 5.41) is 45.8. The van der Waals surface area contributed by atoms with Gasteiger partial charge in [0.1, 0.15) is 0 Å². The number of hydrogen-bond acceptors (Lipinski definition) is 6. The van der Waals surface area contributed by atoms with Gasteiger partial charge in [0, 0.05) is 58.8 Å². The van der Waals surface area contributed by atoms with Gasteiger partial charge < -0.3 is 30.6 Å². The van der Waals surface area contributed by atoms with Crippen molar-refractivity contribution in [3.05, 3.63) is 36.5 Å². The van der Waals surface area contributed by atoms with E-state index in [0.29, 0.717) is 0 Å². The maximum atomic E-state index is 9.60. The number of hydrogen-bond donors (Lipinski definition) is 6. The molecule has 0 rings (SSSR count). The van der Waals surface area contributed by atoms with E-state index in [0.717, 1.165) is 7.11 Å². The molecule has 0 aromatic heterocycles. The number of aliphatic hydroxyl groups is 3. The van der Waals surface area contributed by atoms with Crippen molar-refractivity contribution in [3.8, 4) is 0 Å². The summed E-state index contributed by atoms with van der Waals surface area (Å²) in [5.74, 6) is -2.81. The van der Waals surface area contributed by atoms with Crippen LogP contribution in [0, 0.1) is 0 Å². The Balaban J connectivity index is -0.0000000368. The predicted octanol–water partition coefficient (Wildman–Crippen LogP) is 1.54. The Kier molecular flexibility index (Phi) is 64.9. The van der Waals surface area contributed by atoms with Crippen LogP contribution in [0.15, 0.2) is 36.5 Å². The van der Waals surface area contributed by atoms with Crippen molar-refractivity contribution in [2.75, 3.05) is 20.3 Å². The standard InChI is InChI=1S/3C4H6O2.2C2H6O.CH4O.Ti/c3*1-3(2)4(5)6;2*1-2-3;1-2;/h3*1H2,2H3,(H,5,6);2*3H,2H2,1H3;2H,1H3;. The van der Waals surface area contributed by atoms with Gasteiger partial charge in [-0.3, -0.25) is 0 Å². The summed E-state index contributed by atoms with van der Waals surface area (Å²) in [6, 6.07) is 0. The number of rotatable bonds is 3. The zero-order chi connectivity index (χ0) is 22.9. The number of carbonyl (C=O) groups is 3. The number of aliphatic carboxylic acids is 3. The summed E-state index contributed by atoms with van der Waals surface area (Å²) in [6.45, 7) is 17.7. The van der Waals surface area contributed by atoms with Crippen molar-refractivity contribution in [3.63, 3.8) is 0 Å². The van der Waals surface area contributed by atoms with Gasteiger partial charge >= 0.3 is 17.9 Å². The molecule has 0 aliphatic carbocycles. The Morgan fingerprint density at radius 3 is 0.667 bits per heavy atom. The van der Waals surface area contributed by atoms with Gasteiger partial charge in [-0.1, -0.05) is 19.7 Å². The minimum absolute atomic E-state index is 0. The Bertz CT molecular complexity index is 310. The number of carboxylic acid groups (broad SMARTS) is 3. The van der Waals surface area contributed by atoms with Gasteiger partial charge in [-0.2, -0.15) is 0 Å². The van der Waals surface area contributed by atoms with Gasteiger partial charge in [-0.05, 0) is 34.6 Å². The van der Waals surface area contributed by atoms with Gasteiger partial charge in [0.25, 0.3) is 0 Å². The molecule has 0 spiro atoms. The van der Waals surface area contributed by atoms with Crippen LogP contribution in [0.2, 0.25) is 0 Å². The first kappa shape index (κ1) is 44.6. The Morgan fingerprint density at radius 1 is 0.630 bits per heavy atom. The summed E-state index contributed by atoms with van der Waals surface area (Å²) in [4.78, 5) is 28.8. The molecule has 10 heteroatoms. The van der Waals surface area contributed by atoms with Crippen molar-refractivity contribution in [2.24, 2.45) is 0 Å². The minimum atomic E-state index is -0.935. The van der Waals surface area contributed by atoms with Crippen molar-refractivity contribution >= 4 is 17.9 Å². The molecule has 0 fully saturated rings. The van der Waals surface area contributed by atoms with Crippen molar-refractivity contribution in [1.82, 2.24) is 0 Å². The molecule has 0 aliphatic heterocycles. The molecule has 0 amide bonds. The molecule has 0 radical (unpaired) electrons. The summed E-state index contributed by atoms with van der Waals surface area (Å²) in [5.41, 5.74) is 0.528. The van der Waals surface area contributed by atoms with E-state index in [2.05, 4.69) is 19.7 Å². The molecule has 0 bridgehead atoms. The van der Waals surface area contributed by atoms with Crippen molar-refractivity contribution in [1.29, 1.82) is 0 Å². The smallest absolute Gasteiger partial charge is 0.330 e. The maximum Gasteiger partial charge on any atom is 0.330 e. The van der Waals surface area contributed by atoms with Gasteiger partial charge in [-0.25, -0.2) is 14.4 Å². The molecular weight excluding hydrogens is 396 g/mol. The summed E-state index contributed by atoms with van der Waals surface area (Å²) in [6.07, 6.45) is 0. The van der Waals surface area contributed by atoms with Crippen LogP contribution in [0.1, 0.15) is 34.6 Å². The Labute approximate surface area is 176 Å². The van der Waals surface area contributed by atoms with E-state index in [1.54, 1.807) is 13.8 Å². The largest absolute Gasteiger partial charge is 0.478 e. The molecule has 0 saturated carbocycles. The fourth-order valence-electron chi connectivity index (χ4n) is 0. The van der Waals surface area contributed by atoms with E-state index in [-0.39, 0.29) is 51.7 Å². The molecule has 0 aromatic rings. The van der Waals surface area contributed by atoms with E-state index in [1.807, 2.05) is 0 Å². The monoisotopic (exact) mass is 430 g/mol. The van der Waals surface area contributed by atoms with Crippen LogP contribution in [0.3, 0.4) is 0 Å². The number of carboxylic acids is 3. The molecule has 0 aromatic carbocycles. The van der Waals surface area contributed by atoms with Crippen LogP contribution < -0.4 is 0 Å². The van der Waals surface area contributed by atoms with Crippen LogP contribution in [-0.2, 0) is 36.1 Å². The quantitative estimate of drug-likeness (QED) is 0.287. The second-order valence-electron chi connectivity index (χ2n) is 3.89. The predicted molar refractivity (Wildman–Crippen MR) is 101 cm³/mol. The molecule has 0 unspecified atom stereocenters. The molecule has 9 nitrogen and oxygen atoms in total. The normalized spacial score (nSPS) is 6.56. The third-order valence-electron chi connectivity index (χ3n) is 1.10. The molecule has 160 valence electrons. The van der Waals surface area contributed by atoms with E-state index in [1.165, 1.54) is 20.8 Å². The second kappa shape index (κ2) is 39.3. The van der Waals surface area contributed by atoms with Crippen LogP contribution in [0.25, 0.3) is 0 Å². The molecule has 0 aliphatic rings. The van der Waals surface area contributed by atoms with E-state index in [4.69, 9.17) is 30.6 Å². The summed E-state index contributed by atoms with van der Waals surface area (Å²) >= 11 is 0. The molecule has 27 heavy (non-hydrogen) atoms. The topological polar surface area (TPSA) is 173 Å². The first-order valence-electron chi connectivity index (χ1n) is 7.09.